The zero-order valence-electron chi connectivity index (χ0n) is 14.2. The number of esters is 1. The van der Waals surface area contributed by atoms with Gasteiger partial charge in [0, 0.05) is 4.47 Å². The van der Waals surface area contributed by atoms with Crippen LogP contribution in [0.5, 0.6) is 0 Å². The Hall–Kier alpha value is -2.09. The SMILES string of the molecule is COC(=O)c1cc(Br)ccc1NC(=O)[C@@H](C)NC(=O)OC(C)(C)C. The lowest BCUT2D eigenvalue weighted by atomic mass is 10.1. The first-order chi connectivity index (χ1) is 11.0. The van der Waals surface area contributed by atoms with E-state index in [-0.39, 0.29) is 11.3 Å². The molecular formula is C16H21BrN2O5. The Bertz CT molecular complexity index is 640. The van der Waals surface area contributed by atoms with Crippen molar-refractivity contribution >= 4 is 39.6 Å². The number of carbonyl (C=O) groups is 3. The Kier molecular flexibility index (Phi) is 6.77. The first-order valence-corrected chi connectivity index (χ1v) is 8.01. The van der Waals surface area contributed by atoms with Crippen LogP contribution in [-0.4, -0.2) is 36.7 Å². The second kappa shape index (κ2) is 8.14. The number of methoxy groups -OCH3 is 1. The van der Waals surface area contributed by atoms with Crippen LogP contribution in [-0.2, 0) is 14.3 Å². The lowest BCUT2D eigenvalue weighted by Gasteiger charge is -2.22. The molecule has 2 amide bonds. The molecule has 0 fully saturated rings. The van der Waals surface area contributed by atoms with E-state index in [1.165, 1.54) is 20.1 Å². The number of halogens is 1. The Labute approximate surface area is 149 Å². The molecule has 0 saturated carbocycles. The highest BCUT2D eigenvalue weighted by atomic mass is 79.9. The molecule has 0 saturated heterocycles. The molecule has 0 aliphatic heterocycles. The summed E-state index contributed by atoms with van der Waals surface area (Å²) < 4.78 is 10.5. The summed E-state index contributed by atoms with van der Waals surface area (Å²) in [6.45, 7) is 6.68. The molecule has 0 bridgehead atoms. The summed E-state index contributed by atoms with van der Waals surface area (Å²) in [6.07, 6.45) is -0.700. The maximum Gasteiger partial charge on any atom is 0.408 e. The van der Waals surface area contributed by atoms with Crippen LogP contribution in [0.15, 0.2) is 22.7 Å². The zero-order valence-corrected chi connectivity index (χ0v) is 15.8. The average Bonchev–Trinajstić information content (AvgIpc) is 2.45. The van der Waals surface area contributed by atoms with Crippen molar-refractivity contribution in [3.8, 4) is 0 Å². The molecule has 24 heavy (non-hydrogen) atoms. The number of hydrogen-bond donors (Lipinski definition) is 2. The summed E-state index contributed by atoms with van der Waals surface area (Å²) in [4.78, 5) is 35.7. The number of alkyl carbamates (subject to hydrolysis) is 1. The van der Waals surface area contributed by atoms with Crippen molar-refractivity contribution in [2.24, 2.45) is 0 Å². The fourth-order valence-electron chi connectivity index (χ4n) is 1.70. The molecule has 1 rings (SSSR count). The fourth-order valence-corrected chi connectivity index (χ4v) is 2.06. The zero-order chi connectivity index (χ0) is 18.5. The maximum absolute atomic E-state index is 12.2. The summed E-state index contributed by atoms with van der Waals surface area (Å²) >= 11 is 3.26. The molecule has 0 unspecified atom stereocenters. The number of nitrogens with one attached hydrogen (secondary N) is 2. The van der Waals surface area contributed by atoms with Crippen LogP contribution in [0, 0.1) is 0 Å². The summed E-state index contributed by atoms with van der Waals surface area (Å²) in [5.74, 6) is -1.08. The van der Waals surface area contributed by atoms with Crippen LogP contribution >= 0.6 is 15.9 Å². The minimum atomic E-state index is -0.853. The molecular weight excluding hydrogens is 380 g/mol. The van der Waals surface area contributed by atoms with E-state index in [2.05, 4.69) is 26.6 Å². The van der Waals surface area contributed by atoms with Crippen LogP contribution in [0.25, 0.3) is 0 Å². The van der Waals surface area contributed by atoms with Crippen LogP contribution in [0.1, 0.15) is 38.1 Å². The van der Waals surface area contributed by atoms with Crippen molar-refractivity contribution in [1.29, 1.82) is 0 Å². The first kappa shape index (κ1) is 20.0. The highest BCUT2D eigenvalue weighted by Crippen LogP contribution is 2.22. The van der Waals surface area contributed by atoms with Gasteiger partial charge in [0.05, 0.1) is 18.4 Å². The third-order valence-corrected chi connectivity index (χ3v) is 3.26. The second-order valence-electron chi connectivity index (χ2n) is 6.04. The molecule has 0 aliphatic carbocycles. The molecule has 8 heteroatoms. The van der Waals surface area contributed by atoms with Crippen molar-refractivity contribution in [2.45, 2.75) is 39.3 Å². The van der Waals surface area contributed by atoms with E-state index in [1.807, 2.05) is 0 Å². The van der Waals surface area contributed by atoms with E-state index in [9.17, 15) is 14.4 Å². The van der Waals surface area contributed by atoms with E-state index >= 15 is 0 Å². The molecule has 1 aromatic rings. The second-order valence-corrected chi connectivity index (χ2v) is 6.95. The van der Waals surface area contributed by atoms with Gasteiger partial charge in [0.1, 0.15) is 11.6 Å². The van der Waals surface area contributed by atoms with E-state index in [4.69, 9.17) is 9.47 Å². The van der Waals surface area contributed by atoms with Crippen LogP contribution < -0.4 is 10.6 Å². The summed E-state index contributed by atoms with van der Waals surface area (Å²) in [5, 5.41) is 5.02. The van der Waals surface area contributed by atoms with E-state index in [0.717, 1.165) is 0 Å². The van der Waals surface area contributed by atoms with Gasteiger partial charge in [0.25, 0.3) is 0 Å². The molecule has 7 nitrogen and oxygen atoms in total. The third kappa shape index (κ3) is 6.19. The number of amides is 2. The molecule has 0 spiro atoms. The quantitative estimate of drug-likeness (QED) is 0.757. The van der Waals surface area contributed by atoms with Gasteiger partial charge in [-0.2, -0.15) is 0 Å². The fraction of sp³-hybridized carbons (Fsp3) is 0.438. The van der Waals surface area contributed by atoms with Gasteiger partial charge in [-0.15, -0.1) is 0 Å². The van der Waals surface area contributed by atoms with Gasteiger partial charge in [0.2, 0.25) is 5.91 Å². The Morgan fingerprint density at radius 2 is 1.83 bits per heavy atom. The molecule has 2 N–H and O–H groups in total. The van der Waals surface area contributed by atoms with Crippen LogP contribution in [0.2, 0.25) is 0 Å². The van der Waals surface area contributed by atoms with Crippen molar-refractivity contribution in [1.82, 2.24) is 5.32 Å². The maximum atomic E-state index is 12.2. The Balaban J connectivity index is 2.81. The highest BCUT2D eigenvalue weighted by Gasteiger charge is 2.22. The van der Waals surface area contributed by atoms with Crippen molar-refractivity contribution in [3.05, 3.63) is 28.2 Å². The monoisotopic (exact) mass is 400 g/mol. The topological polar surface area (TPSA) is 93.7 Å². The number of hydrogen-bond acceptors (Lipinski definition) is 5. The van der Waals surface area contributed by atoms with Crippen LogP contribution in [0.4, 0.5) is 10.5 Å². The molecule has 1 aromatic carbocycles. The highest BCUT2D eigenvalue weighted by molar-refractivity contribution is 9.10. The molecule has 0 aromatic heterocycles. The first-order valence-electron chi connectivity index (χ1n) is 7.21. The predicted octanol–water partition coefficient (Wildman–Crippen LogP) is 3.09. The smallest absolute Gasteiger partial charge is 0.408 e. The normalized spacial score (nSPS) is 12.1. The molecule has 1 atom stereocenters. The average molecular weight is 401 g/mol. The number of rotatable bonds is 4. The molecule has 132 valence electrons. The van der Waals surface area contributed by atoms with Crippen molar-refractivity contribution in [3.63, 3.8) is 0 Å². The Morgan fingerprint density at radius 3 is 2.38 bits per heavy atom. The number of ether oxygens (including phenoxy) is 2. The van der Waals surface area contributed by atoms with E-state index < -0.39 is 29.6 Å². The van der Waals surface area contributed by atoms with Gasteiger partial charge < -0.3 is 20.1 Å². The van der Waals surface area contributed by atoms with Crippen molar-refractivity contribution in [2.75, 3.05) is 12.4 Å². The number of anilines is 1. The van der Waals surface area contributed by atoms with Gasteiger partial charge in [0.15, 0.2) is 0 Å². The standard InChI is InChI=1S/C16H21BrN2O5/c1-9(18-15(22)24-16(2,3)4)13(20)19-12-7-6-10(17)8-11(12)14(21)23-5/h6-9H,1-5H3,(H,18,22)(H,19,20)/t9-/m1/s1. The van der Waals surface area contributed by atoms with E-state index in [0.29, 0.717) is 4.47 Å². The predicted molar refractivity (Wildman–Crippen MR) is 92.9 cm³/mol. The number of carbonyl (C=O) groups excluding carboxylic acids is 3. The van der Waals surface area contributed by atoms with Crippen molar-refractivity contribution < 1.29 is 23.9 Å². The molecule has 0 heterocycles. The lowest BCUT2D eigenvalue weighted by Crippen LogP contribution is -2.44. The number of benzene rings is 1. The summed E-state index contributed by atoms with van der Waals surface area (Å²) in [5.41, 5.74) is -0.179. The van der Waals surface area contributed by atoms with Gasteiger partial charge >= 0.3 is 12.1 Å². The minimum absolute atomic E-state index is 0.199. The minimum Gasteiger partial charge on any atom is -0.465 e. The van der Waals surface area contributed by atoms with E-state index in [1.54, 1.807) is 32.9 Å². The van der Waals surface area contributed by atoms with Gasteiger partial charge in [-0.3, -0.25) is 4.79 Å². The third-order valence-electron chi connectivity index (χ3n) is 2.77. The largest absolute Gasteiger partial charge is 0.465 e. The van der Waals surface area contributed by atoms with Gasteiger partial charge in [-0.05, 0) is 45.9 Å². The van der Waals surface area contributed by atoms with Gasteiger partial charge in [-0.1, -0.05) is 15.9 Å². The Morgan fingerprint density at radius 1 is 1.21 bits per heavy atom. The summed E-state index contributed by atoms with van der Waals surface area (Å²) in [7, 11) is 1.25. The lowest BCUT2D eigenvalue weighted by molar-refractivity contribution is -0.117. The van der Waals surface area contributed by atoms with Crippen LogP contribution in [0.3, 0.4) is 0 Å². The van der Waals surface area contributed by atoms with Gasteiger partial charge in [-0.25, -0.2) is 9.59 Å². The molecule has 0 aliphatic rings. The molecule has 0 radical (unpaired) electrons. The summed E-state index contributed by atoms with van der Waals surface area (Å²) in [6, 6.07) is 3.92.